The van der Waals surface area contributed by atoms with Gasteiger partial charge in [0.15, 0.2) is 0 Å². The fraction of sp³-hybridized carbons (Fsp3) is 0.667. The van der Waals surface area contributed by atoms with Crippen LogP contribution < -0.4 is 0 Å². The van der Waals surface area contributed by atoms with Gasteiger partial charge in [0.2, 0.25) is 0 Å². The normalized spacial score (nSPS) is 28.8. The molecular formula is C21H32N2. The van der Waals surface area contributed by atoms with Crippen LogP contribution in [0.25, 0.3) is 0 Å². The maximum atomic E-state index is 4.90. The number of piperidine rings is 1. The van der Waals surface area contributed by atoms with Gasteiger partial charge in [-0.15, -0.1) is 0 Å². The summed E-state index contributed by atoms with van der Waals surface area (Å²) in [5, 5.41) is 0. The van der Waals surface area contributed by atoms with Crippen LogP contribution in [0.15, 0.2) is 29.3 Å². The molecule has 0 amide bonds. The first kappa shape index (κ1) is 16.5. The SMILES string of the molecule is C[C@@H]1C[C@H](C)CN(C2=NCC(c3ccc(C(C)(C)C)cc3)C2)C1. The van der Waals surface area contributed by atoms with Gasteiger partial charge >= 0.3 is 0 Å². The lowest BCUT2D eigenvalue weighted by molar-refractivity contribution is 0.211. The summed E-state index contributed by atoms with van der Waals surface area (Å²) in [6.07, 6.45) is 2.48. The van der Waals surface area contributed by atoms with Crippen molar-refractivity contribution in [2.45, 2.75) is 58.8 Å². The maximum absolute atomic E-state index is 4.90. The lowest BCUT2D eigenvalue weighted by Gasteiger charge is -2.36. The molecule has 0 aromatic heterocycles. The Hall–Kier alpha value is -1.31. The van der Waals surface area contributed by atoms with Crippen molar-refractivity contribution in [1.29, 1.82) is 0 Å². The van der Waals surface area contributed by atoms with E-state index < -0.39 is 0 Å². The molecule has 1 aromatic carbocycles. The molecule has 0 bridgehead atoms. The molecule has 3 rings (SSSR count). The van der Waals surface area contributed by atoms with Crippen LogP contribution >= 0.6 is 0 Å². The third-order valence-electron chi connectivity index (χ3n) is 5.41. The van der Waals surface area contributed by atoms with Gasteiger partial charge in [0, 0.05) is 32.0 Å². The van der Waals surface area contributed by atoms with Crippen LogP contribution in [0.4, 0.5) is 0 Å². The van der Waals surface area contributed by atoms with E-state index in [1.54, 1.807) is 0 Å². The van der Waals surface area contributed by atoms with E-state index in [0.717, 1.165) is 24.8 Å². The number of hydrogen-bond donors (Lipinski definition) is 0. The Kier molecular flexibility index (Phi) is 4.53. The molecule has 3 atom stereocenters. The van der Waals surface area contributed by atoms with Gasteiger partial charge in [-0.25, -0.2) is 0 Å². The van der Waals surface area contributed by atoms with E-state index in [0.29, 0.717) is 5.92 Å². The molecule has 1 aromatic rings. The summed E-state index contributed by atoms with van der Waals surface area (Å²) in [5.41, 5.74) is 3.10. The van der Waals surface area contributed by atoms with E-state index in [1.165, 1.54) is 36.5 Å². The highest BCUT2D eigenvalue weighted by molar-refractivity contribution is 5.85. The average molecular weight is 313 g/mol. The van der Waals surface area contributed by atoms with E-state index in [9.17, 15) is 0 Å². The summed E-state index contributed by atoms with van der Waals surface area (Å²) in [7, 11) is 0. The number of rotatable bonds is 1. The van der Waals surface area contributed by atoms with Crippen LogP contribution in [0, 0.1) is 11.8 Å². The number of aliphatic imine (C=N–C) groups is 1. The van der Waals surface area contributed by atoms with Crippen molar-refractivity contribution in [3.63, 3.8) is 0 Å². The van der Waals surface area contributed by atoms with Crippen LogP contribution in [0.1, 0.15) is 64.5 Å². The van der Waals surface area contributed by atoms with E-state index in [-0.39, 0.29) is 5.41 Å². The molecule has 0 radical (unpaired) electrons. The van der Waals surface area contributed by atoms with Gasteiger partial charge in [0.05, 0.1) is 5.84 Å². The van der Waals surface area contributed by atoms with E-state index >= 15 is 0 Å². The molecule has 2 aliphatic rings. The predicted molar refractivity (Wildman–Crippen MR) is 99.3 cm³/mol. The van der Waals surface area contributed by atoms with Gasteiger partial charge in [-0.05, 0) is 34.8 Å². The Balaban J connectivity index is 1.65. The zero-order valence-corrected chi connectivity index (χ0v) is 15.5. The molecular weight excluding hydrogens is 280 g/mol. The third kappa shape index (κ3) is 3.79. The van der Waals surface area contributed by atoms with Crippen LogP contribution in [0.3, 0.4) is 0 Å². The van der Waals surface area contributed by atoms with Gasteiger partial charge in [-0.1, -0.05) is 58.9 Å². The fourth-order valence-electron chi connectivity index (χ4n) is 4.15. The zero-order chi connectivity index (χ0) is 16.6. The molecule has 126 valence electrons. The van der Waals surface area contributed by atoms with Crippen molar-refractivity contribution >= 4 is 5.84 Å². The number of benzene rings is 1. The Morgan fingerprint density at radius 3 is 2.17 bits per heavy atom. The van der Waals surface area contributed by atoms with E-state index in [1.807, 2.05) is 0 Å². The quantitative estimate of drug-likeness (QED) is 0.724. The smallest absolute Gasteiger partial charge is 0.0996 e. The first-order valence-electron chi connectivity index (χ1n) is 9.21. The van der Waals surface area contributed by atoms with Crippen LogP contribution in [0.5, 0.6) is 0 Å². The molecule has 23 heavy (non-hydrogen) atoms. The monoisotopic (exact) mass is 312 g/mol. The minimum atomic E-state index is 0.232. The van der Waals surface area contributed by atoms with Crippen molar-refractivity contribution in [2.24, 2.45) is 16.8 Å². The Morgan fingerprint density at radius 1 is 1.00 bits per heavy atom. The maximum Gasteiger partial charge on any atom is 0.0996 e. The predicted octanol–water partition coefficient (Wildman–Crippen LogP) is 4.85. The topological polar surface area (TPSA) is 15.6 Å². The fourth-order valence-corrected chi connectivity index (χ4v) is 4.15. The summed E-state index contributed by atoms with van der Waals surface area (Å²) in [6.45, 7) is 14.9. The summed E-state index contributed by atoms with van der Waals surface area (Å²) in [5.74, 6) is 3.53. The second-order valence-electron chi connectivity index (χ2n) is 8.88. The van der Waals surface area contributed by atoms with Crippen LogP contribution in [-0.4, -0.2) is 30.4 Å². The minimum absolute atomic E-state index is 0.232. The number of likely N-dealkylation sites (tertiary alicyclic amines) is 1. The van der Waals surface area contributed by atoms with Crippen molar-refractivity contribution in [3.8, 4) is 0 Å². The number of amidine groups is 1. The highest BCUT2D eigenvalue weighted by Crippen LogP contribution is 2.31. The highest BCUT2D eigenvalue weighted by Gasteiger charge is 2.29. The molecule has 2 nitrogen and oxygen atoms in total. The largest absolute Gasteiger partial charge is 0.360 e. The lowest BCUT2D eigenvalue weighted by atomic mass is 9.85. The second-order valence-corrected chi connectivity index (χ2v) is 8.88. The lowest BCUT2D eigenvalue weighted by Crippen LogP contribution is -2.42. The summed E-state index contributed by atoms with van der Waals surface area (Å²) >= 11 is 0. The van der Waals surface area contributed by atoms with E-state index in [4.69, 9.17) is 4.99 Å². The van der Waals surface area contributed by atoms with Gasteiger partial charge in [0.25, 0.3) is 0 Å². The van der Waals surface area contributed by atoms with Crippen LogP contribution in [-0.2, 0) is 5.41 Å². The van der Waals surface area contributed by atoms with E-state index in [2.05, 4.69) is 63.8 Å². The minimum Gasteiger partial charge on any atom is -0.360 e. The standard InChI is InChI=1S/C21H32N2/c1-15-10-16(2)14-23(13-15)20-11-18(12-22-20)17-6-8-19(9-7-17)21(3,4)5/h6-9,15-16,18H,10-14H2,1-5H3/t15-,16+,18?. The number of nitrogens with zero attached hydrogens (tertiary/aromatic N) is 2. The summed E-state index contributed by atoms with van der Waals surface area (Å²) in [4.78, 5) is 7.46. The molecule has 1 saturated heterocycles. The Bertz CT molecular complexity index is 554. The first-order valence-corrected chi connectivity index (χ1v) is 9.21. The van der Waals surface area contributed by atoms with Crippen molar-refractivity contribution in [2.75, 3.05) is 19.6 Å². The van der Waals surface area contributed by atoms with Crippen LogP contribution in [0.2, 0.25) is 0 Å². The molecule has 0 aliphatic carbocycles. The average Bonchev–Trinajstić information content (AvgIpc) is 2.95. The Morgan fingerprint density at radius 2 is 1.61 bits per heavy atom. The summed E-state index contributed by atoms with van der Waals surface area (Å²) < 4.78 is 0. The molecule has 0 saturated carbocycles. The second kappa shape index (κ2) is 6.30. The molecule has 1 fully saturated rings. The number of hydrogen-bond acceptors (Lipinski definition) is 2. The van der Waals surface area contributed by atoms with Crippen molar-refractivity contribution < 1.29 is 0 Å². The highest BCUT2D eigenvalue weighted by atomic mass is 15.2. The Labute approximate surface area is 142 Å². The molecule has 2 heterocycles. The molecule has 1 unspecified atom stereocenters. The molecule has 0 spiro atoms. The molecule has 2 aliphatic heterocycles. The first-order chi connectivity index (χ1) is 10.8. The zero-order valence-electron chi connectivity index (χ0n) is 15.5. The van der Waals surface area contributed by atoms with Crippen molar-refractivity contribution in [1.82, 2.24) is 4.90 Å². The molecule has 2 heteroatoms. The summed E-state index contributed by atoms with van der Waals surface area (Å²) in [6, 6.07) is 9.26. The van der Waals surface area contributed by atoms with Gasteiger partial charge < -0.3 is 4.90 Å². The van der Waals surface area contributed by atoms with Gasteiger partial charge in [-0.3, -0.25) is 4.99 Å². The third-order valence-corrected chi connectivity index (χ3v) is 5.41. The molecule has 0 N–H and O–H groups in total. The van der Waals surface area contributed by atoms with Gasteiger partial charge in [0.1, 0.15) is 0 Å². The van der Waals surface area contributed by atoms with Crippen molar-refractivity contribution in [3.05, 3.63) is 35.4 Å². The van der Waals surface area contributed by atoms with Gasteiger partial charge in [-0.2, -0.15) is 0 Å².